The predicted octanol–water partition coefficient (Wildman–Crippen LogP) is 5.09. The zero-order chi connectivity index (χ0) is 30.9. The summed E-state index contributed by atoms with van der Waals surface area (Å²) in [4.78, 5) is 25.0. The molecule has 5 rings (SSSR count). The Hall–Kier alpha value is -4.02. The van der Waals surface area contributed by atoms with E-state index >= 15 is 0 Å². The van der Waals surface area contributed by atoms with Gasteiger partial charge in [-0.05, 0) is 54.8 Å². The van der Waals surface area contributed by atoms with Crippen molar-refractivity contribution >= 4 is 34.7 Å². The van der Waals surface area contributed by atoms with Crippen LogP contribution in [0.3, 0.4) is 0 Å². The highest BCUT2D eigenvalue weighted by Gasteiger charge is 2.42. The highest BCUT2D eigenvalue weighted by atomic mass is 35.5. The molecule has 1 amide bonds. The first-order valence-electron chi connectivity index (χ1n) is 14.3. The Morgan fingerprint density at radius 1 is 1.05 bits per heavy atom. The fourth-order valence-corrected chi connectivity index (χ4v) is 5.20. The van der Waals surface area contributed by atoms with Gasteiger partial charge in [0, 0.05) is 35.3 Å². The summed E-state index contributed by atoms with van der Waals surface area (Å²) in [6.45, 7) is 2.66. The topological polar surface area (TPSA) is 114 Å². The van der Waals surface area contributed by atoms with E-state index in [9.17, 15) is 14.0 Å². The van der Waals surface area contributed by atoms with Gasteiger partial charge in [-0.3, -0.25) is 14.6 Å². The third kappa shape index (κ3) is 7.69. The Kier molecular flexibility index (Phi) is 11.1. The van der Waals surface area contributed by atoms with E-state index in [1.165, 1.54) is 37.5 Å². The van der Waals surface area contributed by atoms with Gasteiger partial charge in [0.25, 0.3) is 5.91 Å². The number of hydrazine groups is 1. The van der Waals surface area contributed by atoms with E-state index in [2.05, 4.69) is 24.4 Å². The van der Waals surface area contributed by atoms with Gasteiger partial charge in [0.1, 0.15) is 17.4 Å². The second-order valence-corrected chi connectivity index (χ2v) is 10.6. The number of halogens is 2. The number of amides is 1. The molecule has 43 heavy (non-hydrogen) atoms. The van der Waals surface area contributed by atoms with Crippen LogP contribution in [0.15, 0.2) is 84.7 Å². The molecule has 226 valence electrons. The number of hydrogen-bond acceptors (Lipinski definition) is 7. The lowest BCUT2D eigenvalue weighted by Crippen LogP contribution is -2.45. The average Bonchev–Trinajstić information content (AvgIpc) is 3.27. The van der Waals surface area contributed by atoms with Crippen LogP contribution in [0, 0.1) is 5.82 Å². The predicted molar refractivity (Wildman–Crippen MR) is 168 cm³/mol. The maximum Gasteiger partial charge on any atom is 0.325 e. The molecule has 8 nitrogen and oxygen atoms in total. The number of ether oxygens (including phenoxy) is 1. The molecule has 2 heterocycles. The quantitative estimate of drug-likeness (QED) is 0.177. The zero-order valence-electron chi connectivity index (χ0n) is 24.4. The standard InChI is InChI=1S/C28H24ClFN4O3.C5H13N/c1-33-23(13-17-5-3-2-4-6-17)27(18-7-9-19(29)10-8-18)28-32-25(35)15-22(34(28)33)21-12-11-20(30)14-24(21)37-26(36)16-31;1-2-3-4-5-6/h2-12,14-15,23H,13,16,31H2,1H3,(H,32,35);2-6H2,1H3. The van der Waals surface area contributed by atoms with Crippen LogP contribution in [0.1, 0.15) is 42.9 Å². The molecular formula is C33H37ClFN5O3. The Bertz CT molecular complexity index is 1490. The first-order valence-corrected chi connectivity index (χ1v) is 14.7. The minimum Gasteiger partial charge on any atom is -0.425 e. The number of rotatable bonds is 9. The first-order chi connectivity index (χ1) is 20.8. The van der Waals surface area contributed by atoms with E-state index in [1.807, 2.05) is 47.4 Å². The Morgan fingerprint density at radius 3 is 2.40 bits per heavy atom. The highest BCUT2D eigenvalue weighted by Crippen LogP contribution is 2.43. The summed E-state index contributed by atoms with van der Waals surface area (Å²) < 4.78 is 19.5. The van der Waals surface area contributed by atoms with Crippen molar-refractivity contribution in [2.45, 2.75) is 38.6 Å². The fourth-order valence-electron chi connectivity index (χ4n) is 5.08. The number of esters is 1. The van der Waals surface area contributed by atoms with Gasteiger partial charge < -0.3 is 21.5 Å². The number of nitrogens with one attached hydrogen (secondary N) is 1. The molecule has 5 N–H and O–H groups in total. The number of fused-ring (bicyclic) bond motifs is 1. The van der Waals surface area contributed by atoms with Crippen molar-refractivity contribution in [2.75, 3.05) is 20.1 Å². The van der Waals surface area contributed by atoms with Gasteiger partial charge >= 0.3 is 5.97 Å². The molecule has 0 radical (unpaired) electrons. The molecule has 0 bridgehead atoms. The second-order valence-electron chi connectivity index (χ2n) is 10.2. The summed E-state index contributed by atoms with van der Waals surface area (Å²) in [7, 11) is 1.91. The van der Waals surface area contributed by atoms with Crippen molar-refractivity contribution in [3.05, 3.63) is 112 Å². The molecule has 3 aromatic rings. The van der Waals surface area contributed by atoms with Crippen LogP contribution in [-0.2, 0) is 16.0 Å². The summed E-state index contributed by atoms with van der Waals surface area (Å²) >= 11 is 6.16. The van der Waals surface area contributed by atoms with E-state index in [4.69, 9.17) is 27.8 Å². The number of unbranched alkanes of at least 4 members (excludes halogenated alkanes) is 2. The van der Waals surface area contributed by atoms with E-state index in [1.54, 1.807) is 12.1 Å². The van der Waals surface area contributed by atoms with Crippen LogP contribution in [0.2, 0.25) is 5.02 Å². The van der Waals surface area contributed by atoms with Gasteiger partial charge in [-0.2, -0.15) is 0 Å². The zero-order valence-corrected chi connectivity index (χ0v) is 25.1. The summed E-state index contributed by atoms with van der Waals surface area (Å²) in [5.74, 6) is -1.12. The number of benzene rings is 3. The third-order valence-electron chi connectivity index (χ3n) is 7.15. The van der Waals surface area contributed by atoms with Gasteiger partial charge in [0.05, 0.1) is 18.3 Å². The Balaban J connectivity index is 0.000000641. The highest BCUT2D eigenvalue weighted by molar-refractivity contribution is 6.30. The van der Waals surface area contributed by atoms with Gasteiger partial charge in [-0.25, -0.2) is 9.40 Å². The van der Waals surface area contributed by atoms with Crippen LogP contribution in [0.4, 0.5) is 4.39 Å². The van der Waals surface area contributed by atoms with Crippen molar-refractivity contribution in [3.63, 3.8) is 0 Å². The number of likely N-dealkylation sites (N-methyl/N-ethyl adjacent to an activating group) is 1. The smallest absolute Gasteiger partial charge is 0.325 e. The molecular weight excluding hydrogens is 569 g/mol. The second kappa shape index (κ2) is 14.9. The normalized spacial score (nSPS) is 16.2. The van der Waals surface area contributed by atoms with Gasteiger partial charge in [-0.15, -0.1) is 0 Å². The van der Waals surface area contributed by atoms with Crippen LogP contribution in [-0.4, -0.2) is 48.1 Å². The monoisotopic (exact) mass is 605 g/mol. The van der Waals surface area contributed by atoms with Crippen LogP contribution in [0.5, 0.6) is 5.75 Å². The molecule has 2 aliphatic rings. The van der Waals surface area contributed by atoms with Crippen molar-refractivity contribution < 1.29 is 18.7 Å². The molecule has 1 atom stereocenters. The third-order valence-corrected chi connectivity index (χ3v) is 7.40. The molecule has 0 aromatic heterocycles. The molecule has 0 fully saturated rings. The Labute approximate surface area is 256 Å². The molecule has 0 saturated carbocycles. The van der Waals surface area contributed by atoms with Gasteiger partial charge in [0.2, 0.25) is 0 Å². The van der Waals surface area contributed by atoms with Crippen molar-refractivity contribution in [1.29, 1.82) is 0 Å². The van der Waals surface area contributed by atoms with Crippen molar-refractivity contribution in [1.82, 2.24) is 15.3 Å². The van der Waals surface area contributed by atoms with E-state index < -0.39 is 11.8 Å². The van der Waals surface area contributed by atoms with Crippen LogP contribution in [0.25, 0.3) is 11.3 Å². The lowest BCUT2D eigenvalue weighted by atomic mass is 9.93. The molecule has 0 spiro atoms. The Morgan fingerprint density at radius 2 is 1.77 bits per heavy atom. The number of hydrogen-bond donors (Lipinski definition) is 3. The molecule has 0 saturated heterocycles. The van der Waals surface area contributed by atoms with Crippen LogP contribution < -0.4 is 21.5 Å². The maximum absolute atomic E-state index is 14.1. The van der Waals surface area contributed by atoms with Gasteiger partial charge in [0.15, 0.2) is 0 Å². The SMILES string of the molecule is CCCCCN.CN1C(Cc2ccccc2)C(c2ccc(Cl)cc2)=C2NC(=O)C=C(c3ccc(F)cc3OC(=O)CN)N21. The summed E-state index contributed by atoms with van der Waals surface area (Å²) in [6, 6.07) is 21.1. The van der Waals surface area contributed by atoms with Gasteiger partial charge in [-0.1, -0.05) is 73.8 Å². The van der Waals surface area contributed by atoms with Crippen molar-refractivity contribution in [2.24, 2.45) is 11.5 Å². The lowest BCUT2D eigenvalue weighted by Gasteiger charge is -2.36. The number of carbonyl (C=O) groups is 2. The fraction of sp³-hybridized carbons (Fsp3) is 0.273. The number of carbonyl (C=O) groups excluding carboxylic acids is 2. The average molecular weight is 606 g/mol. The lowest BCUT2D eigenvalue weighted by molar-refractivity contribution is -0.132. The minimum absolute atomic E-state index is 0.0243. The number of nitrogens with zero attached hydrogens (tertiary/aromatic N) is 2. The van der Waals surface area contributed by atoms with Crippen LogP contribution >= 0.6 is 11.6 Å². The minimum atomic E-state index is -0.720. The molecule has 2 aliphatic heterocycles. The summed E-state index contributed by atoms with van der Waals surface area (Å²) in [5.41, 5.74) is 14.3. The summed E-state index contributed by atoms with van der Waals surface area (Å²) in [5, 5.41) is 7.45. The largest absolute Gasteiger partial charge is 0.425 e. The molecule has 3 aromatic carbocycles. The molecule has 1 unspecified atom stereocenters. The van der Waals surface area contributed by atoms with E-state index in [-0.39, 0.29) is 24.2 Å². The van der Waals surface area contributed by atoms with E-state index in [0.29, 0.717) is 28.5 Å². The maximum atomic E-state index is 14.1. The number of nitrogens with two attached hydrogens (primary N) is 2. The molecule has 0 aliphatic carbocycles. The first kappa shape index (κ1) is 31.9. The van der Waals surface area contributed by atoms with E-state index in [0.717, 1.165) is 29.3 Å². The molecule has 10 heteroatoms. The summed E-state index contributed by atoms with van der Waals surface area (Å²) in [6.07, 6.45) is 5.80. The van der Waals surface area contributed by atoms with Crippen molar-refractivity contribution in [3.8, 4) is 5.75 Å².